The van der Waals surface area contributed by atoms with Gasteiger partial charge in [0.15, 0.2) is 0 Å². The molecular formula is C20H20FN3O5S. The van der Waals surface area contributed by atoms with Crippen LogP contribution < -0.4 is 5.32 Å². The predicted molar refractivity (Wildman–Crippen MR) is 107 cm³/mol. The number of hydrogen-bond donors (Lipinski definition) is 3. The van der Waals surface area contributed by atoms with Crippen LogP contribution in [0, 0.1) is 5.82 Å². The fourth-order valence-corrected chi connectivity index (χ4v) is 4.38. The number of rotatable bonds is 7. The van der Waals surface area contributed by atoms with Crippen LogP contribution in [0.1, 0.15) is 24.2 Å². The van der Waals surface area contributed by atoms with Gasteiger partial charge in [-0.25, -0.2) is 21.6 Å². The third-order valence-corrected chi connectivity index (χ3v) is 6.14. The van der Waals surface area contributed by atoms with Crippen molar-refractivity contribution in [2.75, 3.05) is 6.54 Å². The number of pyridine rings is 1. The fourth-order valence-electron chi connectivity index (χ4n) is 3.03. The summed E-state index contributed by atoms with van der Waals surface area (Å²) in [6.07, 6.45) is 1.87. The lowest BCUT2D eigenvalue weighted by atomic mass is 10.0. The van der Waals surface area contributed by atoms with E-state index in [2.05, 4.69) is 10.3 Å². The standard InChI is InChI=1S/C20H20FN3O5S/c1-13(25)16-5-2-6-17(19(16)21)18-10-14(7-9-23-20(26)27)12-24(18)30(28,29)15-4-3-8-22-11-15/h2-6,8,10-13,23,25H,7,9H2,1H3,(H,26,27). The Morgan fingerprint density at radius 1 is 1.30 bits per heavy atom. The maximum Gasteiger partial charge on any atom is 0.404 e. The van der Waals surface area contributed by atoms with E-state index in [1.807, 2.05) is 0 Å². The van der Waals surface area contributed by atoms with Crippen molar-refractivity contribution >= 4 is 16.1 Å². The summed E-state index contributed by atoms with van der Waals surface area (Å²) in [5, 5.41) is 20.8. The van der Waals surface area contributed by atoms with Crippen LogP contribution in [0.4, 0.5) is 9.18 Å². The molecular weight excluding hydrogens is 413 g/mol. The van der Waals surface area contributed by atoms with E-state index in [9.17, 15) is 18.3 Å². The minimum absolute atomic E-state index is 0.00157. The summed E-state index contributed by atoms with van der Waals surface area (Å²) < 4.78 is 42.4. The summed E-state index contributed by atoms with van der Waals surface area (Å²) in [5.41, 5.74) is 0.587. The largest absolute Gasteiger partial charge is 0.465 e. The van der Waals surface area contributed by atoms with Gasteiger partial charge in [-0.15, -0.1) is 0 Å². The second-order valence-corrected chi connectivity index (χ2v) is 8.40. The van der Waals surface area contributed by atoms with Gasteiger partial charge in [-0.05, 0) is 43.2 Å². The average molecular weight is 433 g/mol. The van der Waals surface area contributed by atoms with Crippen molar-refractivity contribution in [1.29, 1.82) is 0 Å². The Kier molecular flexibility index (Phi) is 6.18. The second-order valence-electron chi connectivity index (χ2n) is 6.59. The number of benzene rings is 1. The maximum absolute atomic E-state index is 15.1. The van der Waals surface area contributed by atoms with Gasteiger partial charge in [-0.3, -0.25) is 4.98 Å². The average Bonchev–Trinajstić information content (AvgIpc) is 3.13. The zero-order valence-corrected chi connectivity index (χ0v) is 16.8. The predicted octanol–water partition coefficient (Wildman–Crippen LogP) is 2.79. The molecule has 3 N–H and O–H groups in total. The lowest BCUT2D eigenvalue weighted by molar-refractivity contribution is 0.193. The SMILES string of the molecule is CC(O)c1cccc(-c2cc(CCNC(=O)O)cn2S(=O)(=O)c2cccnc2)c1F. The van der Waals surface area contributed by atoms with Crippen molar-refractivity contribution in [3.05, 3.63) is 71.9 Å². The highest BCUT2D eigenvalue weighted by Crippen LogP contribution is 2.32. The van der Waals surface area contributed by atoms with E-state index >= 15 is 4.39 Å². The van der Waals surface area contributed by atoms with Crippen molar-refractivity contribution < 1.29 is 27.8 Å². The minimum Gasteiger partial charge on any atom is -0.465 e. The van der Waals surface area contributed by atoms with Crippen LogP contribution in [0.2, 0.25) is 0 Å². The van der Waals surface area contributed by atoms with E-state index < -0.39 is 28.0 Å². The van der Waals surface area contributed by atoms with Gasteiger partial charge in [0.05, 0.1) is 11.8 Å². The molecule has 1 amide bonds. The van der Waals surface area contributed by atoms with E-state index in [0.29, 0.717) is 5.56 Å². The maximum atomic E-state index is 15.1. The van der Waals surface area contributed by atoms with Crippen LogP contribution in [0.15, 0.2) is 59.9 Å². The van der Waals surface area contributed by atoms with Crippen molar-refractivity contribution in [2.45, 2.75) is 24.3 Å². The summed E-state index contributed by atoms with van der Waals surface area (Å²) in [7, 11) is -4.10. The molecule has 10 heteroatoms. The molecule has 3 aromatic rings. The number of hydrogen-bond acceptors (Lipinski definition) is 5. The topological polar surface area (TPSA) is 122 Å². The Morgan fingerprint density at radius 2 is 2.07 bits per heavy atom. The molecule has 3 rings (SSSR count). The normalized spacial score (nSPS) is 12.5. The number of halogens is 1. The number of carbonyl (C=O) groups is 1. The van der Waals surface area contributed by atoms with Crippen LogP contribution in [-0.2, 0) is 16.4 Å². The highest BCUT2D eigenvalue weighted by molar-refractivity contribution is 7.90. The first-order valence-corrected chi connectivity index (χ1v) is 10.5. The van der Waals surface area contributed by atoms with Crippen molar-refractivity contribution in [1.82, 2.24) is 14.3 Å². The first-order valence-electron chi connectivity index (χ1n) is 9.02. The second kappa shape index (κ2) is 8.64. The van der Waals surface area contributed by atoms with Gasteiger partial charge in [0.1, 0.15) is 10.7 Å². The molecule has 30 heavy (non-hydrogen) atoms. The van der Waals surface area contributed by atoms with Gasteiger partial charge in [-0.1, -0.05) is 12.1 Å². The van der Waals surface area contributed by atoms with Gasteiger partial charge in [0.2, 0.25) is 0 Å². The van der Waals surface area contributed by atoms with Crippen LogP contribution >= 0.6 is 0 Å². The van der Waals surface area contributed by atoms with E-state index in [4.69, 9.17) is 5.11 Å². The van der Waals surface area contributed by atoms with Gasteiger partial charge in [-0.2, -0.15) is 0 Å². The van der Waals surface area contributed by atoms with Gasteiger partial charge in [0.25, 0.3) is 10.0 Å². The summed E-state index contributed by atoms with van der Waals surface area (Å²) in [5.74, 6) is -0.733. The molecule has 1 atom stereocenters. The molecule has 0 spiro atoms. The highest BCUT2D eigenvalue weighted by Gasteiger charge is 2.24. The first kappa shape index (κ1) is 21.5. The Labute approximate surface area is 172 Å². The van der Waals surface area contributed by atoms with Crippen molar-refractivity contribution in [3.8, 4) is 11.3 Å². The molecule has 158 valence electrons. The molecule has 0 aliphatic carbocycles. The zero-order valence-electron chi connectivity index (χ0n) is 16.0. The molecule has 1 aromatic carbocycles. The van der Waals surface area contributed by atoms with Gasteiger partial charge < -0.3 is 15.5 Å². The summed E-state index contributed by atoms with van der Waals surface area (Å²) in [6.45, 7) is 1.47. The molecule has 0 saturated carbocycles. The number of aliphatic hydroxyl groups is 1. The van der Waals surface area contributed by atoms with Crippen molar-refractivity contribution in [2.24, 2.45) is 0 Å². The summed E-state index contributed by atoms with van der Waals surface area (Å²) in [4.78, 5) is 14.4. The van der Waals surface area contributed by atoms with E-state index in [-0.39, 0.29) is 34.7 Å². The number of amides is 1. The molecule has 0 aliphatic rings. The van der Waals surface area contributed by atoms with Crippen LogP contribution in [0.5, 0.6) is 0 Å². The van der Waals surface area contributed by atoms with Gasteiger partial charge in [0, 0.05) is 36.3 Å². The number of nitrogens with zero attached hydrogens (tertiary/aromatic N) is 2. The molecule has 1 unspecified atom stereocenters. The van der Waals surface area contributed by atoms with Crippen LogP contribution in [-0.4, -0.2) is 40.2 Å². The van der Waals surface area contributed by atoms with Crippen molar-refractivity contribution in [3.63, 3.8) is 0 Å². The molecule has 2 aromatic heterocycles. The number of carboxylic acid groups (broad SMARTS) is 1. The number of aromatic nitrogens is 2. The number of nitrogens with one attached hydrogen (secondary N) is 1. The zero-order chi connectivity index (χ0) is 21.9. The molecule has 8 nitrogen and oxygen atoms in total. The molecule has 0 radical (unpaired) electrons. The summed E-state index contributed by atoms with van der Waals surface area (Å²) >= 11 is 0. The quantitative estimate of drug-likeness (QED) is 0.527. The van der Waals surface area contributed by atoms with Crippen LogP contribution in [0.3, 0.4) is 0 Å². The molecule has 0 bridgehead atoms. The smallest absolute Gasteiger partial charge is 0.404 e. The van der Waals surface area contributed by atoms with E-state index in [1.54, 1.807) is 0 Å². The Bertz CT molecular complexity index is 1160. The Morgan fingerprint density at radius 3 is 2.70 bits per heavy atom. The molecule has 0 fully saturated rings. The first-order chi connectivity index (χ1) is 14.2. The van der Waals surface area contributed by atoms with E-state index in [1.165, 1.54) is 61.9 Å². The Hall–Kier alpha value is -3.24. The minimum atomic E-state index is -4.10. The number of aliphatic hydroxyl groups excluding tert-OH is 1. The van der Waals surface area contributed by atoms with Gasteiger partial charge >= 0.3 is 6.09 Å². The lowest BCUT2D eigenvalue weighted by Crippen LogP contribution is -2.23. The van der Waals surface area contributed by atoms with E-state index in [0.717, 1.165) is 3.97 Å². The third kappa shape index (κ3) is 4.34. The fraction of sp³-hybridized carbons (Fsp3) is 0.200. The highest BCUT2D eigenvalue weighted by atomic mass is 32.2. The Balaban J connectivity index is 2.15. The third-order valence-electron chi connectivity index (χ3n) is 4.48. The lowest BCUT2D eigenvalue weighted by Gasteiger charge is -2.13. The monoisotopic (exact) mass is 433 g/mol. The molecule has 0 aliphatic heterocycles. The van der Waals surface area contributed by atoms with Crippen LogP contribution in [0.25, 0.3) is 11.3 Å². The summed E-state index contributed by atoms with van der Waals surface area (Å²) in [6, 6.07) is 8.71. The molecule has 0 saturated heterocycles. The molecule has 2 heterocycles.